The van der Waals surface area contributed by atoms with Crippen molar-refractivity contribution in [3.63, 3.8) is 0 Å². The van der Waals surface area contributed by atoms with Gasteiger partial charge in [-0.05, 0) is 18.0 Å². The summed E-state index contributed by atoms with van der Waals surface area (Å²) >= 11 is 0. The van der Waals surface area contributed by atoms with Gasteiger partial charge in [0, 0.05) is 28.0 Å². The summed E-state index contributed by atoms with van der Waals surface area (Å²) in [5.74, 6) is 0. The molecule has 1 N–H and O–H groups in total. The number of azide groups is 2. The fourth-order valence-corrected chi connectivity index (χ4v) is 2.16. The van der Waals surface area contributed by atoms with Crippen molar-refractivity contribution in [1.82, 2.24) is 9.55 Å². The molecular weight excluding hydrogens is 280 g/mol. The Kier molecular flexibility index (Phi) is 4.29. The number of aromatic nitrogens is 2. The van der Waals surface area contributed by atoms with Gasteiger partial charge in [0.15, 0.2) is 0 Å². The lowest BCUT2D eigenvalue weighted by Gasteiger charge is -2.15. The number of H-pyrrole nitrogens is 1. The first-order valence-corrected chi connectivity index (χ1v) is 6.09. The van der Waals surface area contributed by atoms with Crippen LogP contribution in [0.4, 0.5) is 0 Å². The van der Waals surface area contributed by atoms with Crippen LogP contribution < -0.4 is 11.2 Å². The molecule has 1 aromatic rings. The first-order chi connectivity index (χ1) is 10.1. The van der Waals surface area contributed by atoms with E-state index in [2.05, 4.69) is 25.0 Å². The summed E-state index contributed by atoms with van der Waals surface area (Å²) in [7, 11) is 0. The quantitative estimate of drug-likeness (QED) is 0.500. The minimum Gasteiger partial charge on any atom is -0.354 e. The summed E-state index contributed by atoms with van der Waals surface area (Å²) in [6, 6.07) is -0.551. The topological polar surface area (TPSA) is 162 Å². The third kappa shape index (κ3) is 3.06. The molecule has 21 heavy (non-hydrogen) atoms. The van der Waals surface area contributed by atoms with E-state index in [1.807, 2.05) is 0 Å². The van der Waals surface area contributed by atoms with Gasteiger partial charge < -0.3 is 4.74 Å². The van der Waals surface area contributed by atoms with E-state index in [-0.39, 0.29) is 13.0 Å². The van der Waals surface area contributed by atoms with Gasteiger partial charge in [-0.25, -0.2) is 4.79 Å². The average molecular weight is 292 g/mol. The van der Waals surface area contributed by atoms with Crippen molar-refractivity contribution in [1.29, 1.82) is 0 Å². The molecule has 1 saturated heterocycles. The van der Waals surface area contributed by atoms with Gasteiger partial charge in [-0.3, -0.25) is 14.3 Å². The molecule has 1 fully saturated rings. The molecular formula is C10H12N8O3. The second kappa shape index (κ2) is 6.14. The van der Waals surface area contributed by atoms with Crippen LogP contribution in [0, 0.1) is 6.92 Å². The largest absolute Gasteiger partial charge is 0.354 e. The third-order valence-corrected chi connectivity index (χ3v) is 3.19. The van der Waals surface area contributed by atoms with E-state index in [0.717, 1.165) is 0 Å². The Balaban J connectivity index is 2.32. The maximum absolute atomic E-state index is 11.8. The smallest absolute Gasteiger partial charge is 0.330 e. The zero-order valence-corrected chi connectivity index (χ0v) is 11.1. The Morgan fingerprint density at radius 1 is 1.48 bits per heavy atom. The molecule has 11 nitrogen and oxygen atoms in total. The molecule has 2 rings (SSSR count). The van der Waals surface area contributed by atoms with Crippen molar-refractivity contribution in [3.05, 3.63) is 53.5 Å². The third-order valence-electron chi connectivity index (χ3n) is 3.19. The Bertz CT molecular complexity index is 739. The SMILES string of the molecule is Cc1cn([C@H]2C[C@H](N=[N+]=[N-])[C@@H](CN=[N+]=[N-])O2)c(=O)[nH]c1=O. The minimum absolute atomic E-state index is 0.00618. The number of rotatable bonds is 4. The number of nitrogens with one attached hydrogen (secondary N) is 1. The van der Waals surface area contributed by atoms with E-state index in [1.54, 1.807) is 6.92 Å². The van der Waals surface area contributed by atoms with Crippen LogP contribution in [0.3, 0.4) is 0 Å². The molecule has 0 radical (unpaired) electrons. The Morgan fingerprint density at radius 3 is 2.90 bits per heavy atom. The molecule has 2 heterocycles. The molecule has 0 unspecified atom stereocenters. The Labute approximate surface area is 117 Å². The molecule has 1 aliphatic heterocycles. The van der Waals surface area contributed by atoms with Gasteiger partial charge in [-0.15, -0.1) is 0 Å². The molecule has 1 aliphatic rings. The predicted molar refractivity (Wildman–Crippen MR) is 71.5 cm³/mol. The van der Waals surface area contributed by atoms with Crippen molar-refractivity contribution in [2.45, 2.75) is 31.7 Å². The number of hydrogen-bond acceptors (Lipinski definition) is 5. The lowest BCUT2D eigenvalue weighted by atomic mass is 10.1. The molecule has 1 aromatic heterocycles. The average Bonchev–Trinajstić information content (AvgIpc) is 2.84. The summed E-state index contributed by atoms with van der Waals surface area (Å²) < 4.78 is 6.83. The summed E-state index contributed by atoms with van der Waals surface area (Å²) in [5.41, 5.74) is 16.2. The zero-order chi connectivity index (χ0) is 15.4. The highest BCUT2D eigenvalue weighted by molar-refractivity contribution is 5.02. The van der Waals surface area contributed by atoms with E-state index in [9.17, 15) is 9.59 Å². The fourth-order valence-electron chi connectivity index (χ4n) is 2.16. The number of nitrogens with zero attached hydrogens (tertiary/aromatic N) is 7. The van der Waals surface area contributed by atoms with Crippen molar-refractivity contribution < 1.29 is 4.74 Å². The van der Waals surface area contributed by atoms with Crippen LogP contribution in [0.5, 0.6) is 0 Å². The first-order valence-electron chi connectivity index (χ1n) is 6.09. The van der Waals surface area contributed by atoms with Crippen molar-refractivity contribution in [2.24, 2.45) is 10.2 Å². The standard InChI is InChI=1S/C10H12N8O3/c1-5-4-18(10(20)14-9(5)19)8-2-6(15-17-12)7(21-8)3-13-16-11/h4,6-8H,2-3H2,1H3,(H,14,19,20)/t6-,7+,8+/m0/s1. The molecule has 0 aliphatic carbocycles. The summed E-state index contributed by atoms with van der Waals surface area (Å²) in [5, 5.41) is 6.98. The molecule has 3 atom stereocenters. The molecule has 0 bridgehead atoms. The molecule has 11 heteroatoms. The van der Waals surface area contributed by atoms with E-state index in [4.69, 9.17) is 15.8 Å². The lowest BCUT2D eigenvalue weighted by Crippen LogP contribution is -2.33. The Hall–Kier alpha value is -2.74. The van der Waals surface area contributed by atoms with Gasteiger partial charge in [0.2, 0.25) is 0 Å². The molecule has 110 valence electrons. The van der Waals surface area contributed by atoms with Gasteiger partial charge >= 0.3 is 5.69 Å². The van der Waals surface area contributed by atoms with Gasteiger partial charge in [0.1, 0.15) is 6.23 Å². The second-order valence-electron chi connectivity index (χ2n) is 4.53. The predicted octanol–water partition coefficient (Wildman–Crippen LogP) is 1.12. The van der Waals surface area contributed by atoms with Gasteiger partial charge in [-0.2, -0.15) is 0 Å². The molecule has 0 amide bonds. The summed E-state index contributed by atoms with van der Waals surface area (Å²) in [6.45, 7) is 1.56. The van der Waals surface area contributed by atoms with E-state index >= 15 is 0 Å². The maximum atomic E-state index is 11.8. The highest BCUT2D eigenvalue weighted by Crippen LogP contribution is 2.30. The normalized spacial score (nSPS) is 24.1. The van der Waals surface area contributed by atoms with Gasteiger partial charge in [0.05, 0.1) is 18.7 Å². The van der Waals surface area contributed by atoms with Crippen LogP contribution >= 0.6 is 0 Å². The van der Waals surface area contributed by atoms with Crippen LogP contribution in [0.25, 0.3) is 20.9 Å². The van der Waals surface area contributed by atoms with Gasteiger partial charge in [0.25, 0.3) is 5.56 Å². The first kappa shape index (κ1) is 14.7. The fraction of sp³-hybridized carbons (Fsp3) is 0.600. The number of hydrogen-bond donors (Lipinski definition) is 1. The maximum Gasteiger partial charge on any atom is 0.330 e. The molecule has 0 spiro atoms. The van der Waals surface area contributed by atoms with Crippen molar-refractivity contribution in [3.8, 4) is 0 Å². The highest BCUT2D eigenvalue weighted by Gasteiger charge is 2.35. The second-order valence-corrected chi connectivity index (χ2v) is 4.53. The number of aryl methyl sites for hydroxylation is 1. The number of ether oxygens (including phenoxy) is 1. The van der Waals surface area contributed by atoms with Crippen LogP contribution in [0.2, 0.25) is 0 Å². The van der Waals surface area contributed by atoms with Gasteiger partial charge in [-0.1, -0.05) is 10.2 Å². The van der Waals surface area contributed by atoms with E-state index < -0.39 is 29.6 Å². The van der Waals surface area contributed by atoms with Crippen LogP contribution in [0.1, 0.15) is 18.2 Å². The monoisotopic (exact) mass is 292 g/mol. The Morgan fingerprint density at radius 2 is 2.24 bits per heavy atom. The number of aromatic amines is 1. The van der Waals surface area contributed by atoms with Crippen LogP contribution in [-0.4, -0.2) is 28.2 Å². The summed E-state index contributed by atoms with van der Waals surface area (Å²) in [6.07, 6.45) is 0.332. The van der Waals surface area contributed by atoms with Crippen molar-refractivity contribution >= 4 is 0 Å². The summed E-state index contributed by atoms with van der Waals surface area (Å²) in [4.78, 5) is 30.7. The lowest BCUT2D eigenvalue weighted by molar-refractivity contribution is 0.00164. The molecule has 0 aromatic carbocycles. The van der Waals surface area contributed by atoms with E-state index in [1.165, 1.54) is 10.8 Å². The molecule has 0 saturated carbocycles. The van der Waals surface area contributed by atoms with Crippen molar-refractivity contribution in [2.75, 3.05) is 6.54 Å². The van der Waals surface area contributed by atoms with Crippen LogP contribution in [0.15, 0.2) is 26.0 Å². The van der Waals surface area contributed by atoms with E-state index in [0.29, 0.717) is 5.56 Å². The minimum atomic E-state index is -0.692. The zero-order valence-electron chi connectivity index (χ0n) is 11.1. The highest BCUT2D eigenvalue weighted by atomic mass is 16.5. The van der Waals surface area contributed by atoms with Crippen LogP contribution in [-0.2, 0) is 4.74 Å².